The highest BCUT2D eigenvalue weighted by Crippen LogP contribution is 2.29. The number of fused-ring (bicyclic) bond motifs is 1. The van der Waals surface area contributed by atoms with Gasteiger partial charge in [-0.2, -0.15) is 0 Å². The number of hydrogen-bond donors (Lipinski definition) is 1. The Morgan fingerprint density at radius 1 is 1.33 bits per heavy atom. The summed E-state index contributed by atoms with van der Waals surface area (Å²) in [5.41, 5.74) is 0.679. The first-order valence-electron chi connectivity index (χ1n) is 5.21. The van der Waals surface area contributed by atoms with Gasteiger partial charge in [0.15, 0.2) is 0 Å². The van der Waals surface area contributed by atoms with Gasteiger partial charge in [0.1, 0.15) is 4.90 Å². The van der Waals surface area contributed by atoms with Crippen LogP contribution in [0.2, 0.25) is 0 Å². The molecule has 0 spiro atoms. The van der Waals surface area contributed by atoms with E-state index in [0.717, 1.165) is 0 Å². The number of para-hydroxylation sites is 1. The molecule has 18 heavy (non-hydrogen) atoms. The van der Waals surface area contributed by atoms with Crippen molar-refractivity contribution >= 4 is 20.9 Å². The van der Waals surface area contributed by atoms with Crippen molar-refractivity contribution in [1.82, 2.24) is 4.57 Å². The van der Waals surface area contributed by atoms with Gasteiger partial charge in [-0.15, -0.1) is 0 Å². The molecule has 98 valence electrons. The Bertz CT molecular complexity index is 692. The largest absolute Gasteiger partial charge is 0.338 e. The molecule has 0 unspecified atom stereocenters. The number of benzene rings is 1. The lowest BCUT2D eigenvalue weighted by Gasteiger charge is -2.07. The van der Waals surface area contributed by atoms with Gasteiger partial charge in [0.2, 0.25) is 10.0 Å². The quantitative estimate of drug-likeness (QED) is 0.928. The van der Waals surface area contributed by atoms with Gasteiger partial charge in [0, 0.05) is 16.6 Å². The van der Waals surface area contributed by atoms with E-state index in [1.54, 1.807) is 24.3 Å². The molecule has 2 rings (SSSR count). The summed E-state index contributed by atoms with van der Waals surface area (Å²) in [6.45, 7) is 0.921. The highest BCUT2D eigenvalue weighted by atomic mass is 32.2. The first-order chi connectivity index (χ1) is 8.32. The maximum absolute atomic E-state index is 12.5. The van der Waals surface area contributed by atoms with Gasteiger partial charge in [-0.3, -0.25) is 0 Å². The number of primary sulfonamides is 1. The van der Waals surface area contributed by atoms with Crippen molar-refractivity contribution in [3.05, 3.63) is 30.0 Å². The number of aromatic nitrogens is 1. The molecular weight excluding hydrogens is 262 g/mol. The van der Waals surface area contributed by atoms with Gasteiger partial charge in [-0.25, -0.2) is 22.3 Å². The summed E-state index contributed by atoms with van der Waals surface area (Å²) in [5, 5.41) is 5.51. The molecule has 7 heteroatoms. The van der Waals surface area contributed by atoms with Crippen LogP contribution in [0.25, 0.3) is 10.9 Å². The molecule has 0 aliphatic rings. The topological polar surface area (TPSA) is 65.1 Å². The zero-order valence-electron chi connectivity index (χ0n) is 9.60. The smallest absolute Gasteiger partial charge is 0.256 e. The van der Waals surface area contributed by atoms with E-state index in [1.165, 1.54) is 11.5 Å². The summed E-state index contributed by atoms with van der Waals surface area (Å²) in [4.78, 5) is -0.0845. The number of halogens is 2. The van der Waals surface area contributed by atoms with Crippen molar-refractivity contribution in [2.45, 2.75) is 24.8 Å². The molecular formula is C11H12F2N2O2S. The minimum absolute atomic E-state index is 0.0845. The standard InChI is InChI=1S/C11H12F2N2O2S/c1-7-11(18(14,16)17)8-4-2-3-5-9(8)15(7)6-10(12)13/h2-5,10H,6H2,1H3,(H2,14,16,17). The van der Waals surface area contributed by atoms with E-state index in [4.69, 9.17) is 5.14 Å². The molecule has 0 fully saturated rings. The van der Waals surface area contributed by atoms with E-state index < -0.39 is 23.0 Å². The van der Waals surface area contributed by atoms with Crippen molar-refractivity contribution in [1.29, 1.82) is 0 Å². The van der Waals surface area contributed by atoms with E-state index in [-0.39, 0.29) is 10.6 Å². The lowest BCUT2D eigenvalue weighted by atomic mass is 10.2. The zero-order valence-corrected chi connectivity index (χ0v) is 10.4. The van der Waals surface area contributed by atoms with E-state index in [0.29, 0.717) is 10.9 Å². The number of nitrogens with zero attached hydrogens (tertiary/aromatic N) is 1. The molecule has 1 aromatic heterocycles. The Kier molecular flexibility index (Phi) is 3.12. The minimum Gasteiger partial charge on any atom is -0.338 e. The summed E-state index contributed by atoms with van der Waals surface area (Å²) >= 11 is 0. The maximum atomic E-state index is 12.5. The van der Waals surface area contributed by atoms with E-state index in [2.05, 4.69) is 0 Å². The van der Waals surface area contributed by atoms with E-state index in [1.807, 2.05) is 0 Å². The minimum atomic E-state index is -3.94. The van der Waals surface area contributed by atoms with Crippen molar-refractivity contribution in [2.75, 3.05) is 0 Å². The highest BCUT2D eigenvalue weighted by molar-refractivity contribution is 7.89. The van der Waals surface area contributed by atoms with Gasteiger partial charge >= 0.3 is 0 Å². The summed E-state index contributed by atoms with van der Waals surface area (Å²) in [6, 6.07) is 6.46. The van der Waals surface area contributed by atoms with Crippen LogP contribution < -0.4 is 5.14 Å². The van der Waals surface area contributed by atoms with Crippen molar-refractivity contribution < 1.29 is 17.2 Å². The van der Waals surface area contributed by atoms with Crippen LogP contribution in [-0.4, -0.2) is 19.4 Å². The molecule has 0 amide bonds. The number of alkyl halides is 2. The van der Waals surface area contributed by atoms with Gasteiger partial charge in [0.25, 0.3) is 6.43 Å². The number of rotatable bonds is 3. The van der Waals surface area contributed by atoms with Crippen molar-refractivity contribution in [3.63, 3.8) is 0 Å². The van der Waals surface area contributed by atoms with Crippen LogP contribution in [0.4, 0.5) is 8.78 Å². The molecule has 0 saturated heterocycles. The van der Waals surface area contributed by atoms with Crippen molar-refractivity contribution in [3.8, 4) is 0 Å². The molecule has 0 aliphatic carbocycles. The first-order valence-corrected chi connectivity index (χ1v) is 6.75. The molecule has 0 radical (unpaired) electrons. The van der Waals surface area contributed by atoms with Gasteiger partial charge in [0.05, 0.1) is 6.54 Å². The lowest BCUT2D eigenvalue weighted by Crippen LogP contribution is -2.14. The Hall–Kier alpha value is -1.47. The Morgan fingerprint density at radius 2 is 1.94 bits per heavy atom. The molecule has 1 aromatic carbocycles. The van der Waals surface area contributed by atoms with Crippen LogP contribution >= 0.6 is 0 Å². The SMILES string of the molecule is Cc1c(S(N)(=O)=O)c2ccccc2n1CC(F)F. The number of hydrogen-bond acceptors (Lipinski definition) is 2. The van der Waals surface area contributed by atoms with Crippen LogP contribution in [0.1, 0.15) is 5.69 Å². The summed E-state index contributed by atoms with van der Waals surface area (Å²) < 4.78 is 49.4. The van der Waals surface area contributed by atoms with E-state index in [9.17, 15) is 17.2 Å². The maximum Gasteiger partial charge on any atom is 0.256 e. The predicted molar refractivity (Wildman–Crippen MR) is 64.1 cm³/mol. The van der Waals surface area contributed by atoms with Crippen LogP contribution in [0.5, 0.6) is 0 Å². The van der Waals surface area contributed by atoms with E-state index >= 15 is 0 Å². The van der Waals surface area contributed by atoms with Crippen LogP contribution in [-0.2, 0) is 16.6 Å². The lowest BCUT2D eigenvalue weighted by molar-refractivity contribution is 0.127. The monoisotopic (exact) mass is 274 g/mol. The Balaban J connectivity index is 2.84. The van der Waals surface area contributed by atoms with Gasteiger partial charge in [-0.1, -0.05) is 18.2 Å². The third-order valence-electron chi connectivity index (χ3n) is 2.78. The number of sulfonamides is 1. The predicted octanol–water partition coefficient (Wildman–Crippen LogP) is 1.86. The second kappa shape index (κ2) is 4.33. The summed E-state index contributed by atoms with van der Waals surface area (Å²) in [6.07, 6.45) is -2.56. The normalized spacial score (nSPS) is 12.5. The third-order valence-corrected chi connectivity index (χ3v) is 3.86. The fraction of sp³-hybridized carbons (Fsp3) is 0.273. The summed E-state index contributed by atoms with van der Waals surface area (Å²) in [5.74, 6) is 0. The molecule has 4 nitrogen and oxygen atoms in total. The second-order valence-electron chi connectivity index (χ2n) is 3.98. The molecule has 0 aliphatic heterocycles. The average Bonchev–Trinajstić information content (AvgIpc) is 2.51. The van der Waals surface area contributed by atoms with Crippen LogP contribution in [0.15, 0.2) is 29.2 Å². The van der Waals surface area contributed by atoms with Crippen LogP contribution in [0, 0.1) is 6.92 Å². The zero-order chi connectivity index (χ0) is 13.5. The fourth-order valence-corrected chi connectivity index (χ4v) is 3.13. The molecule has 0 bridgehead atoms. The fourth-order valence-electron chi connectivity index (χ4n) is 2.13. The van der Waals surface area contributed by atoms with Crippen molar-refractivity contribution in [2.24, 2.45) is 5.14 Å². The first kappa shape index (κ1) is 13.0. The molecule has 2 aromatic rings. The molecule has 2 N–H and O–H groups in total. The molecule has 1 heterocycles. The molecule has 0 saturated carbocycles. The Morgan fingerprint density at radius 3 is 2.50 bits per heavy atom. The van der Waals surface area contributed by atoms with Crippen LogP contribution in [0.3, 0.4) is 0 Å². The summed E-state index contributed by atoms with van der Waals surface area (Å²) in [7, 11) is -3.94. The van der Waals surface area contributed by atoms with Gasteiger partial charge in [-0.05, 0) is 13.0 Å². The Labute approximate surface area is 103 Å². The third kappa shape index (κ3) is 2.11. The average molecular weight is 274 g/mol. The molecule has 0 atom stereocenters. The second-order valence-corrected chi connectivity index (χ2v) is 5.48. The highest BCUT2D eigenvalue weighted by Gasteiger charge is 2.22. The number of nitrogens with two attached hydrogens (primary N) is 1. The van der Waals surface area contributed by atoms with Gasteiger partial charge < -0.3 is 4.57 Å².